The Balaban J connectivity index is 1.75. The first-order valence-corrected chi connectivity index (χ1v) is 8.94. The van der Waals surface area contributed by atoms with Crippen molar-refractivity contribution in [1.29, 1.82) is 0 Å². The van der Waals surface area contributed by atoms with E-state index in [0.717, 1.165) is 45.4 Å². The van der Waals surface area contributed by atoms with Crippen molar-refractivity contribution in [1.82, 2.24) is 9.80 Å². The van der Waals surface area contributed by atoms with Crippen molar-refractivity contribution in [2.75, 3.05) is 39.8 Å². The number of esters is 1. The van der Waals surface area contributed by atoms with Crippen LogP contribution in [0.2, 0.25) is 0 Å². The van der Waals surface area contributed by atoms with Crippen LogP contribution in [0.25, 0.3) is 0 Å². The Bertz CT molecular complexity index is 483. The minimum absolute atomic E-state index is 0.163. The number of carbonyl (C=O) groups is 2. The summed E-state index contributed by atoms with van der Waals surface area (Å²) in [6, 6.07) is 0. The number of likely N-dealkylation sites (N-methyl/N-ethyl adjacent to an activating group) is 1. The van der Waals surface area contributed by atoms with Crippen LogP contribution in [-0.4, -0.2) is 61.5 Å². The minimum Gasteiger partial charge on any atom is -0.465 e. The molecule has 1 saturated heterocycles. The van der Waals surface area contributed by atoms with Gasteiger partial charge >= 0.3 is 5.97 Å². The van der Waals surface area contributed by atoms with Gasteiger partial charge in [-0.1, -0.05) is 19.1 Å². The summed E-state index contributed by atoms with van der Waals surface area (Å²) in [7, 11) is 2.08. The van der Waals surface area contributed by atoms with Crippen LogP contribution in [0.3, 0.4) is 0 Å². The Kier molecular flexibility index (Phi) is 5.05. The highest BCUT2D eigenvalue weighted by Gasteiger charge is 2.50. The van der Waals surface area contributed by atoms with Gasteiger partial charge in [-0.15, -0.1) is 0 Å². The number of hydrogen-bond donors (Lipinski definition) is 0. The molecule has 0 aromatic heterocycles. The fourth-order valence-corrected chi connectivity index (χ4v) is 4.19. The standard InChI is InChI=1S/C18H28N2O3/c1-3-12-23-18(22)16-14-6-4-13(5-7-14)15(16)17(21)20-10-8-19(2)9-11-20/h4,6,13-16H,3,5,7-12H2,1-2H3. The van der Waals surface area contributed by atoms with Crippen molar-refractivity contribution in [2.45, 2.75) is 26.2 Å². The lowest BCUT2D eigenvalue weighted by Crippen LogP contribution is -2.54. The second-order valence-corrected chi connectivity index (χ2v) is 7.14. The molecule has 128 valence electrons. The highest BCUT2D eigenvalue weighted by molar-refractivity contribution is 5.87. The molecule has 5 nitrogen and oxygen atoms in total. The molecule has 2 fully saturated rings. The maximum atomic E-state index is 13.1. The summed E-state index contributed by atoms with van der Waals surface area (Å²) < 4.78 is 5.42. The van der Waals surface area contributed by atoms with Crippen molar-refractivity contribution < 1.29 is 14.3 Å². The molecule has 3 aliphatic carbocycles. The molecular weight excluding hydrogens is 292 g/mol. The highest BCUT2D eigenvalue weighted by atomic mass is 16.5. The molecule has 1 heterocycles. The normalized spacial score (nSPS) is 33.7. The third-order valence-electron chi connectivity index (χ3n) is 5.57. The average Bonchev–Trinajstić information content (AvgIpc) is 2.60. The smallest absolute Gasteiger partial charge is 0.310 e. The fourth-order valence-electron chi connectivity index (χ4n) is 4.19. The number of rotatable bonds is 4. The van der Waals surface area contributed by atoms with Crippen molar-refractivity contribution in [2.24, 2.45) is 23.7 Å². The molecule has 4 rings (SSSR count). The highest BCUT2D eigenvalue weighted by Crippen LogP contribution is 2.46. The van der Waals surface area contributed by atoms with Crippen molar-refractivity contribution in [3.63, 3.8) is 0 Å². The molecule has 4 aliphatic rings. The summed E-state index contributed by atoms with van der Waals surface area (Å²) in [5, 5.41) is 0. The molecule has 0 spiro atoms. The van der Waals surface area contributed by atoms with Crippen LogP contribution < -0.4 is 0 Å². The monoisotopic (exact) mass is 320 g/mol. The van der Waals surface area contributed by atoms with Gasteiger partial charge in [0.15, 0.2) is 0 Å². The van der Waals surface area contributed by atoms with E-state index in [0.29, 0.717) is 6.61 Å². The van der Waals surface area contributed by atoms with Gasteiger partial charge in [-0.2, -0.15) is 0 Å². The molecule has 0 N–H and O–H groups in total. The third kappa shape index (κ3) is 3.30. The zero-order valence-corrected chi connectivity index (χ0v) is 14.2. The summed E-state index contributed by atoms with van der Waals surface area (Å²) in [5.74, 6) is -0.130. The molecule has 1 amide bonds. The lowest BCUT2D eigenvalue weighted by Gasteiger charge is -2.45. The van der Waals surface area contributed by atoms with Crippen LogP contribution in [0.15, 0.2) is 12.2 Å². The molecule has 23 heavy (non-hydrogen) atoms. The second kappa shape index (κ2) is 7.04. The minimum atomic E-state index is -0.280. The quantitative estimate of drug-likeness (QED) is 0.582. The van der Waals surface area contributed by atoms with E-state index in [-0.39, 0.29) is 35.5 Å². The first-order chi connectivity index (χ1) is 11.1. The maximum absolute atomic E-state index is 13.1. The number of carbonyl (C=O) groups excluding carboxylic acids is 2. The number of ether oxygens (including phenoxy) is 1. The lowest BCUT2D eigenvalue weighted by molar-refractivity contribution is -0.162. The summed E-state index contributed by atoms with van der Waals surface area (Å²) in [5.41, 5.74) is 0. The van der Waals surface area contributed by atoms with E-state index in [1.165, 1.54) is 0 Å². The third-order valence-corrected chi connectivity index (χ3v) is 5.57. The zero-order valence-electron chi connectivity index (χ0n) is 14.2. The van der Waals surface area contributed by atoms with Gasteiger partial charge in [0.25, 0.3) is 0 Å². The molecule has 0 radical (unpaired) electrons. The molecule has 1 saturated carbocycles. The predicted octanol–water partition coefficient (Wildman–Crippen LogP) is 1.54. The van der Waals surface area contributed by atoms with Crippen LogP contribution in [-0.2, 0) is 14.3 Å². The van der Waals surface area contributed by atoms with Crippen LogP contribution in [0.1, 0.15) is 26.2 Å². The number of piperazine rings is 1. The van der Waals surface area contributed by atoms with Crippen LogP contribution in [0.5, 0.6) is 0 Å². The van der Waals surface area contributed by atoms with E-state index in [9.17, 15) is 9.59 Å². The van der Waals surface area contributed by atoms with Gasteiger partial charge in [0.1, 0.15) is 0 Å². The number of hydrogen-bond acceptors (Lipinski definition) is 4. The predicted molar refractivity (Wildman–Crippen MR) is 87.7 cm³/mol. The molecule has 0 aromatic carbocycles. The topological polar surface area (TPSA) is 49.9 Å². The van der Waals surface area contributed by atoms with Gasteiger partial charge in [0.2, 0.25) is 5.91 Å². The first kappa shape index (κ1) is 16.5. The first-order valence-electron chi connectivity index (χ1n) is 8.94. The Labute approximate surface area is 138 Å². The van der Waals surface area contributed by atoms with Crippen molar-refractivity contribution >= 4 is 11.9 Å². The number of amides is 1. The van der Waals surface area contributed by atoms with Gasteiger partial charge in [0, 0.05) is 26.2 Å². The van der Waals surface area contributed by atoms with Gasteiger partial charge in [-0.3, -0.25) is 9.59 Å². The summed E-state index contributed by atoms with van der Waals surface area (Å²) in [6.45, 7) is 5.80. The lowest BCUT2D eigenvalue weighted by atomic mass is 9.61. The summed E-state index contributed by atoms with van der Waals surface area (Å²) in [6.07, 6.45) is 7.14. The van der Waals surface area contributed by atoms with Gasteiger partial charge in [0.05, 0.1) is 18.4 Å². The molecule has 2 bridgehead atoms. The molecule has 0 aromatic rings. The van der Waals surface area contributed by atoms with Crippen molar-refractivity contribution in [3.05, 3.63) is 12.2 Å². The Morgan fingerprint density at radius 3 is 2.22 bits per heavy atom. The molecule has 4 atom stereocenters. The summed E-state index contributed by atoms with van der Waals surface area (Å²) >= 11 is 0. The average molecular weight is 320 g/mol. The van der Waals surface area contributed by atoms with E-state index in [2.05, 4.69) is 24.1 Å². The van der Waals surface area contributed by atoms with Gasteiger partial charge < -0.3 is 14.5 Å². The molecular formula is C18H28N2O3. The molecule has 5 heteroatoms. The van der Waals surface area contributed by atoms with Crippen molar-refractivity contribution in [3.8, 4) is 0 Å². The van der Waals surface area contributed by atoms with E-state index in [1.54, 1.807) is 0 Å². The van der Waals surface area contributed by atoms with E-state index >= 15 is 0 Å². The van der Waals surface area contributed by atoms with E-state index < -0.39 is 0 Å². The zero-order chi connectivity index (χ0) is 16.4. The summed E-state index contributed by atoms with van der Waals surface area (Å²) in [4.78, 5) is 29.9. The Morgan fingerprint density at radius 1 is 1.04 bits per heavy atom. The second-order valence-electron chi connectivity index (χ2n) is 7.14. The number of allylic oxidation sites excluding steroid dienone is 2. The fraction of sp³-hybridized carbons (Fsp3) is 0.778. The van der Waals surface area contributed by atoms with Gasteiger partial charge in [-0.05, 0) is 38.1 Å². The van der Waals surface area contributed by atoms with E-state index in [4.69, 9.17) is 4.74 Å². The van der Waals surface area contributed by atoms with E-state index in [1.807, 2.05) is 11.8 Å². The molecule has 4 unspecified atom stereocenters. The number of fused-ring (bicyclic) bond motifs is 2. The Morgan fingerprint density at radius 2 is 1.65 bits per heavy atom. The maximum Gasteiger partial charge on any atom is 0.310 e. The Hall–Kier alpha value is -1.36. The van der Waals surface area contributed by atoms with Crippen LogP contribution in [0, 0.1) is 23.7 Å². The van der Waals surface area contributed by atoms with Gasteiger partial charge in [-0.25, -0.2) is 0 Å². The largest absolute Gasteiger partial charge is 0.465 e. The number of nitrogens with zero attached hydrogens (tertiary/aromatic N) is 2. The van der Waals surface area contributed by atoms with Crippen LogP contribution in [0.4, 0.5) is 0 Å². The SMILES string of the molecule is CCCOC(=O)C1C2C=CC(CC2)C1C(=O)N1CCN(C)CC1. The molecule has 1 aliphatic heterocycles. The van der Waals surface area contributed by atoms with Crippen LogP contribution >= 0.6 is 0 Å².